The molecule has 1 saturated heterocycles. The van der Waals surface area contributed by atoms with Crippen molar-refractivity contribution in [2.45, 2.75) is 59.7 Å². The molecule has 1 aliphatic heterocycles. The van der Waals surface area contributed by atoms with Gasteiger partial charge in [-0.15, -0.1) is 0 Å². The number of ether oxygens (including phenoxy) is 2. The Morgan fingerprint density at radius 3 is 2.25 bits per heavy atom. The zero-order valence-corrected chi connectivity index (χ0v) is 32.6. The fourth-order valence-corrected chi connectivity index (χ4v) is 8.07. The quantitative estimate of drug-likeness (QED) is 0.157. The highest BCUT2D eigenvalue weighted by molar-refractivity contribution is 6.48. The molecule has 2 aromatic heterocycles. The third-order valence-electron chi connectivity index (χ3n) is 9.76. The summed E-state index contributed by atoms with van der Waals surface area (Å²) in [7, 11) is 2.20. The summed E-state index contributed by atoms with van der Waals surface area (Å²) in [4.78, 5) is 37.0. The second-order valence-electron chi connectivity index (χ2n) is 14.9. The van der Waals surface area contributed by atoms with Gasteiger partial charge in [0, 0.05) is 43.8 Å². The fraction of sp³-hybridized carbons (Fsp3) is 0.390. The van der Waals surface area contributed by atoms with E-state index in [9.17, 15) is 19.8 Å². The van der Waals surface area contributed by atoms with Crippen molar-refractivity contribution in [2.24, 2.45) is 5.41 Å². The van der Waals surface area contributed by atoms with E-state index < -0.39 is 14.6 Å². The lowest BCUT2D eigenvalue weighted by molar-refractivity contribution is -0.0279. The van der Waals surface area contributed by atoms with Crippen molar-refractivity contribution in [3.63, 3.8) is 0 Å². The van der Waals surface area contributed by atoms with Crippen molar-refractivity contribution in [1.29, 1.82) is 0 Å². The van der Waals surface area contributed by atoms with E-state index in [-0.39, 0.29) is 30.8 Å². The minimum atomic E-state index is -0.917. The van der Waals surface area contributed by atoms with Gasteiger partial charge in [0.15, 0.2) is 11.5 Å². The second-order valence-corrected chi connectivity index (χ2v) is 16.9. The van der Waals surface area contributed by atoms with Gasteiger partial charge < -0.3 is 29.0 Å². The van der Waals surface area contributed by atoms with E-state index in [1.54, 1.807) is 32.5 Å². The molecule has 53 heavy (non-hydrogen) atoms. The molecule has 1 amide bonds. The summed E-state index contributed by atoms with van der Waals surface area (Å²) < 4.78 is 19.1. The monoisotopic (exact) mass is 737 g/mol. The molecule has 0 spiro atoms. The number of carbonyl (C=O) groups is 1. The summed E-state index contributed by atoms with van der Waals surface area (Å²) >= 11 is 0. The molecule has 1 aliphatic rings. The van der Waals surface area contributed by atoms with Gasteiger partial charge in [0.2, 0.25) is 9.04 Å². The first-order chi connectivity index (χ1) is 25.4. The molecule has 0 saturated carbocycles. The number of piperazine rings is 1. The minimum Gasteiger partial charge on any atom is -0.493 e. The first kappa shape index (κ1) is 38.1. The average molecular weight is 738 g/mol. The smallest absolute Gasteiger partial charge is 0.257 e. The number of aromatic nitrogens is 2. The van der Waals surface area contributed by atoms with Gasteiger partial charge in [-0.3, -0.25) is 19.1 Å². The van der Waals surface area contributed by atoms with E-state index in [2.05, 4.69) is 43.7 Å². The number of benzene rings is 3. The Hall–Kier alpha value is -4.59. The zero-order chi connectivity index (χ0) is 38.0. The number of hydrogen-bond acceptors (Lipinski definition) is 9. The molecule has 0 aliphatic carbocycles. The number of aliphatic hydroxyl groups excluding tert-OH is 2. The van der Waals surface area contributed by atoms with Crippen molar-refractivity contribution in [3.05, 3.63) is 93.9 Å². The molecule has 0 bridgehead atoms. The van der Waals surface area contributed by atoms with E-state index in [4.69, 9.17) is 13.9 Å². The Balaban J connectivity index is 1.38. The first-order valence-electron chi connectivity index (χ1n) is 17.9. The molecule has 279 valence electrons. The number of pyridine rings is 2. The van der Waals surface area contributed by atoms with Crippen molar-refractivity contribution >= 4 is 36.6 Å². The number of hydrogen-bond donors (Lipinski definition) is 2. The maximum atomic E-state index is 14.1. The lowest BCUT2D eigenvalue weighted by Gasteiger charge is -2.41. The number of para-hydroxylation sites is 1. The molecule has 1 unspecified atom stereocenters. The van der Waals surface area contributed by atoms with E-state index in [0.29, 0.717) is 82.2 Å². The van der Waals surface area contributed by atoms with Gasteiger partial charge in [0.1, 0.15) is 5.82 Å². The van der Waals surface area contributed by atoms with Crippen molar-refractivity contribution in [2.75, 3.05) is 40.4 Å². The van der Waals surface area contributed by atoms with Crippen LogP contribution in [0.25, 0.3) is 38.6 Å². The van der Waals surface area contributed by atoms with E-state index in [1.165, 1.54) is 10.6 Å². The predicted molar refractivity (Wildman–Crippen MR) is 209 cm³/mol. The van der Waals surface area contributed by atoms with Crippen LogP contribution in [0.15, 0.2) is 71.7 Å². The maximum absolute atomic E-state index is 14.1. The summed E-state index contributed by atoms with van der Waals surface area (Å²) in [5.41, 5.74) is 3.07. The normalized spacial score (nSPS) is 14.6. The summed E-state index contributed by atoms with van der Waals surface area (Å²) in [6, 6.07) is 17.9. The molecular formula is C41H49N4O7Si. The average Bonchev–Trinajstić information content (AvgIpc) is 3.14. The van der Waals surface area contributed by atoms with E-state index in [0.717, 1.165) is 17.2 Å². The molecule has 2 N–H and O–H groups in total. The van der Waals surface area contributed by atoms with Gasteiger partial charge in [0.05, 0.1) is 44.7 Å². The lowest BCUT2D eigenvalue weighted by Crippen LogP contribution is -2.54. The SMILES string of the molecule is COc1cc2cc(CO)c(CO)c(-c3ccnc(-n4c(=O)cc(C(=O)N5CCN(C(CC(C)(C)C)O[Si](C)C)CC5)c5ccccc54)c3)c2cc1OC. The molecule has 1 radical (unpaired) electrons. The molecular weight excluding hydrogens is 689 g/mol. The number of carbonyl (C=O) groups excluding carboxylic acids is 1. The largest absolute Gasteiger partial charge is 0.493 e. The van der Waals surface area contributed by atoms with Crippen LogP contribution in [-0.4, -0.2) is 91.1 Å². The molecule has 3 aromatic carbocycles. The summed E-state index contributed by atoms with van der Waals surface area (Å²) in [6.45, 7) is 12.8. The Bertz CT molecular complexity index is 2180. The number of fused-ring (bicyclic) bond motifs is 2. The molecule has 3 heterocycles. The summed E-state index contributed by atoms with van der Waals surface area (Å²) in [6.07, 6.45) is 2.52. The van der Waals surface area contributed by atoms with Crippen LogP contribution >= 0.6 is 0 Å². The summed E-state index contributed by atoms with van der Waals surface area (Å²) in [5, 5.41) is 23.1. The van der Waals surface area contributed by atoms with Gasteiger partial charge in [-0.25, -0.2) is 4.98 Å². The third-order valence-corrected chi connectivity index (χ3v) is 10.5. The molecule has 12 heteroatoms. The molecule has 11 nitrogen and oxygen atoms in total. The predicted octanol–water partition coefficient (Wildman–Crippen LogP) is 6.00. The van der Waals surface area contributed by atoms with Crippen molar-refractivity contribution < 1.29 is 28.9 Å². The van der Waals surface area contributed by atoms with E-state index >= 15 is 0 Å². The van der Waals surface area contributed by atoms with Crippen LogP contribution in [0.1, 0.15) is 48.7 Å². The highest BCUT2D eigenvalue weighted by atomic mass is 28.3. The van der Waals surface area contributed by atoms with Crippen molar-refractivity contribution in [1.82, 2.24) is 19.4 Å². The Morgan fingerprint density at radius 1 is 0.906 bits per heavy atom. The number of amides is 1. The maximum Gasteiger partial charge on any atom is 0.257 e. The van der Waals surface area contributed by atoms with Crippen LogP contribution in [0.5, 0.6) is 11.5 Å². The van der Waals surface area contributed by atoms with Crippen molar-refractivity contribution in [3.8, 4) is 28.4 Å². The van der Waals surface area contributed by atoms with Gasteiger partial charge in [-0.2, -0.15) is 0 Å². The number of nitrogens with zero attached hydrogens (tertiary/aromatic N) is 4. The summed E-state index contributed by atoms with van der Waals surface area (Å²) in [5.74, 6) is 1.21. The molecule has 6 rings (SSSR count). The van der Waals surface area contributed by atoms with Gasteiger partial charge >= 0.3 is 0 Å². The lowest BCUT2D eigenvalue weighted by atomic mass is 9.90. The fourth-order valence-electron chi connectivity index (χ4n) is 7.29. The van der Waals surface area contributed by atoms with Crippen LogP contribution in [0.2, 0.25) is 13.1 Å². The minimum absolute atomic E-state index is 0.00609. The third kappa shape index (κ3) is 7.88. The molecule has 1 fully saturated rings. The first-order valence-corrected chi connectivity index (χ1v) is 20.3. The van der Waals surface area contributed by atoms with E-state index in [1.807, 2.05) is 47.4 Å². The highest BCUT2D eigenvalue weighted by Crippen LogP contribution is 2.41. The van der Waals surface area contributed by atoms with Crippen LogP contribution in [0.3, 0.4) is 0 Å². The number of methoxy groups -OCH3 is 2. The van der Waals surface area contributed by atoms with Crippen LogP contribution < -0.4 is 15.0 Å². The van der Waals surface area contributed by atoms with Crippen LogP contribution in [0, 0.1) is 5.41 Å². The number of aliphatic hydroxyl groups is 2. The van der Waals surface area contributed by atoms with Gasteiger partial charge in [-0.1, -0.05) is 39.0 Å². The Labute approximate surface area is 312 Å². The Kier molecular flexibility index (Phi) is 11.4. The standard InChI is InChI=1S/C41H49N4O7Si/c1-41(2,3)23-38(52-53(6)7)43-14-16-44(17-15-43)40(49)31-22-37(48)45(33-11-9-8-10-29(31)33)36-20-26(12-13-42-36)39-30-21-35(51-5)34(50-4)19-27(30)18-28(24-46)32(39)25-47/h8-13,18-22,38,46-47H,14-17,23-25H2,1-7H3. The Morgan fingerprint density at radius 2 is 1.60 bits per heavy atom. The number of rotatable bonds is 11. The zero-order valence-electron chi connectivity index (χ0n) is 31.6. The van der Waals surface area contributed by atoms with Crippen LogP contribution in [-0.2, 0) is 17.6 Å². The molecule has 1 atom stereocenters. The van der Waals surface area contributed by atoms with Gasteiger partial charge in [0.25, 0.3) is 11.5 Å². The topological polar surface area (TPSA) is 127 Å². The van der Waals surface area contributed by atoms with Crippen LogP contribution in [0.4, 0.5) is 0 Å². The second kappa shape index (κ2) is 15.8. The van der Waals surface area contributed by atoms with Gasteiger partial charge in [-0.05, 0) is 94.4 Å². The highest BCUT2D eigenvalue weighted by Gasteiger charge is 2.31. The molecule has 5 aromatic rings.